The van der Waals surface area contributed by atoms with Gasteiger partial charge in [0.2, 0.25) is 0 Å². The van der Waals surface area contributed by atoms with Crippen LogP contribution in [0.5, 0.6) is 0 Å². The third-order valence-electron chi connectivity index (χ3n) is 6.15. The van der Waals surface area contributed by atoms with Gasteiger partial charge in [0.05, 0.1) is 65.8 Å². The van der Waals surface area contributed by atoms with E-state index in [0.717, 1.165) is 0 Å². The molecule has 0 aromatic carbocycles. The maximum atomic E-state index is 2.29. The van der Waals surface area contributed by atoms with Gasteiger partial charge in [0.15, 0.2) is 0 Å². The average molecular weight is 533 g/mol. The van der Waals surface area contributed by atoms with E-state index in [1.807, 2.05) is 90.7 Å². The smallest absolute Gasteiger partial charge is 0.0652 e. The van der Waals surface area contributed by atoms with Crippen LogP contribution in [0.1, 0.15) is 20.9 Å². The van der Waals surface area contributed by atoms with E-state index in [1.54, 1.807) is 0 Å². The summed E-state index contributed by atoms with van der Waals surface area (Å²) in [6.07, 6.45) is 0. The van der Waals surface area contributed by atoms with Crippen LogP contribution in [0.4, 0.5) is 0 Å². The molecule has 0 amide bonds. The predicted molar refractivity (Wildman–Crippen MR) is 151 cm³/mol. The van der Waals surface area contributed by atoms with E-state index >= 15 is 0 Å². The van der Waals surface area contributed by atoms with Crippen molar-refractivity contribution < 1.29 is 0 Å². The minimum Gasteiger partial charge on any atom is -0.138 e. The van der Waals surface area contributed by atoms with Crippen molar-refractivity contribution in [3.05, 3.63) is 20.9 Å². The number of hydrogen-bond acceptors (Lipinski definition) is 8. The van der Waals surface area contributed by atoms with E-state index in [4.69, 9.17) is 0 Å². The highest BCUT2D eigenvalue weighted by atomic mass is 32.1. The summed E-state index contributed by atoms with van der Waals surface area (Å²) in [5.74, 6) is 0. The highest BCUT2D eigenvalue weighted by Gasteiger charge is 2.25. The molecule has 0 aliphatic heterocycles. The minimum absolute atomic E-state index is 1.47. The standard InChI is InChI=1S/C22H12S8/c1-5-7(3)23-11-9(5)25-15-13(11)27-19-17(15)29-22-20-18(30-21(19)22)16-14(28-20)12-10(26-16)6(2)8(4)24-12/h1-4H3. The summed E-state index contributed by atoms with van der Waals surface area (Å²) in [4.78, 5) is 2.95. The molecule has 0 aliphatic carbocycles. The summed E-state index contributed by atoms with van der Waals surface area (Å²) in [7, 11) is 0. The van der Waals surface area contributed by atoms with Crippen molar-refractivity contribution >= 4 is 156 Å². The molecule has 0 spiro atoms. The van der Waals surface area contributed by atoms with E-state index in [9.17, 15) is 0 Å². The Kier molecular flexibility index (Phi) is 3.38. The Bertz CT molecular complexity index is 1850. The summed E-state index contributed by atoms with van der Waals surface area (Å²) < 4.78 is 21.4. The highest BCUT2D eigenvalue weighted by molar-refractivity contribution is 7.53. The van der Waals surface area contributed by atoms with Crippen LogP contribution in [0.15, 0.2) is 0 Å². The Morgan fingerprint density at radius 3 is 0.733 bits per heavy atom. The lowest BCUT2D eigenvalue weighted by molar-refractivity contribution is 1.48. The second-order valence-corrected chi connectivity index (χ2v) is 16.4. The van der Waals surface area contributed by atoms with Gasteiger partial charge >= 0.3 is 0 Å². The Morgan fingerprint density at radius 1 is 0.267 bits per heavy atom. The van der Waals surface area contributed by atoms with Crippen LogP contribution in [-0.4, -0.2) is 0 Å². The van der Waals surface area contributed by atoms with Crippen molar-refractivity contribution in [1.82, 2.24) is 0 Å². The molecule has 0 N–H and O–H groups in total. The lowest BCUT2D eigenvalue weighted by Crippen LogP contribution is -1.64. The lowest BCUT2D eigenvalue weighted by Gasteiger charge is -1.85. The molecule has 0 radical (unpaired) electrons. The topological polar surface area (TPSA) is 0 Å². The first-order valence-electron chi connectivity index (χ1n) is 9.52. The molecular formula is C22H12S8. The van der Waals surface area contributed by atoms with E-state index < -0.39 is 0 Å². The molecule has 30 heavy (non-hydrogen) atoms. The molecule has 8 aromatic heterocycles. The van der Waals surface area contributed by atoms with Crippen LogP contribution >= 0.6 is 90.7 Å². The molecule has 0 aliphatic rings. The van der Waals surface area contributed by atoms with Crippen molar-refractivity contribution in [3.63, 3.8) is 0 Å². The fraction of sp³-hybridized carbons (Fsp3) is 0.182. The summed E-state index contributed by atoms with van der Waals surface area (Å²) in [5, 5.41) is 0. The minimum atomic E-state index is 1.47. The zero-order valence-corrected chi connectivity index (χ0v) is 22.8. The molecule has 148 valence electrons. The molecule has 0 unspecified atom stereocenters. The number of fused-ring (bicyclic) bond motifs is 13. The monoisotopic (exact) mass is 532 g/mol. The van der Waals surface area contributed by atoms with Gasteiger partial charge in [-0.05, 0) is 38.8 Å². The molecule has 0 nitrogen and oxygen atoms in total. The summed E-state index contributed by atoms with van der Waals surface area (Å²) in [5.41, 5.74) is 2.97. The zero-order valence-electron chi connectivity index (χ0n) is 16.3. The normalized spacial score (nSPS) is 13.3. The van der Waals surface area contributed by atoms with Crippen LogP contribution in [0.3, 0.4) is 0 Å². The first-order valence-corrected chi connectivity index (χ1v) is 16.0. The molecule has 0 saturated heterocycles. The van der Waals surface area contributed by atoms with E-state index in [1.165, 1.54) is 86.7 Å². The molecule has 8 heterocycles. The van der Waals surface area contributed by atoms with Crippen LogP contribution in [-0.2, 0) is 0 Å². The highest BCUT2D eigenvalue weighted by Crippen LogP contribution is 2.59. The SMILES string of the molecule is Cc1sc2c(sc3c2sc2c3sc3c4sc5c6sc(C)c(C)c6sc5c4sc23)c1C. The van der Waals surface area contributed by atoms with Crippen molar-refractivity contribution in [1.29, 1.82) is 0 Å². The Labute approximate surface area is 203 Å². The lowest BCUT2D eigenvalue weighted by atomic mass is 10.3. The van der Waals surface area contributed by atoms with Gasteiger partial charge < -0.3 is 0 Å². The predicted octanol–water partition coefficient (Wildman–Crippen LogP) is 11.5. The average Bonchev–Trinajstić information content (AvgIpc) is 3.52. The number of rotatable bonds is 0. The first kappa shape index (κ1) is 17.9. The van der Waals surface area contributed by atoms with Gasteiger partial charge in [0.25, 0.3) is 0 Å². The third kappa shape index (κ3) is 1.94. The van der Waals surface area contributed by atoms with Gasteiger partial charge in [-0.2, -0.15) is 0 Å². The third-order valence-corrected chi connectivity index (χ3v) is 17.8. The molecule has 8 heteroatoms. The molecule has 8 rings (SSSR count). The van der Waals surface area contributed by atoms with Crippen molar-refractivity contribution in [3.8, 4) is 0 Å². The van der Waals surface area contributed by atoms with Gasteiger partial charge in [-0.15, -0.1) is 90.7 Å². The van der Waals surface area contributed by atoms with Crippen LogP contribution in [0, 0.1) is 27.7 Å². The van der Waals surface area contributed by atoms with E-state index in [0.29, 0.717) is 0 Å². The zero-order chi connectivity index (χ0) is 20.0. The first-order chi connectivity index (χ1) is 14.5. The van der Waals surface area contributed by atoms with Crippen molar-refractivity contribution in [2.75, 3.05) is 0 Å². The largest absolute Gasteiger partial charge is 0.138 e. The fourth-order valence-corrected chi connectivity index (χ4v) is 16.6. The van der Waals surface area contributed by atoms with Gasteiger partial charge in [0.1, 0.15) is 0 Å². The molecule has 0 atom stereocenters. The molecule has 0 fully saturated rings. The fourth-order valence-electron chi connectivity index (χ4n) is 4.33. The summed E-state index contributed by atoms with van der Waals surface area (Å²) >= 11 is 16.2. The maximum absolute atomic E-state index is 2.29. The Hall–Kier alpha value is -0.580. The molecule has 0 saturated carbocycles. The van der Waals surface area contributed by atoms with Gasteiger partial charge in [0, 0.05) is 9.75 Å². The van der Waals surface area contributed by atoms with Crippen molar-refractivity contribution in [2.45, 2.75) is 27.7 Å². The molecular weight excluding hydrogens is 521 g/mol. The van der Waals surface area contributed by atoms with E-state index in [-0.39, 0.29) is 0 Å². The van der Waals surface area contributed by atoms with Gasteiger partial charge in [-0.25, -0.2) is 0 Å². The quantitative estimate of drug-likeness (QED) is 0.182. The second-order valence-electron chi connectivity index (χ2n) is 7.79. The van der Waals surface area contributed by atoms with Crippen LogP contribution < -0.4 is 0 Å². The van der Waals surface area contributed by atoms with Gasteiger partial charge in [-0.1, -0.05) is 0 Å². The molecule has 0 bridgehead atoms. The van der Waals surface area contributed by atoms with Crippen LogP contribution in [0.25, 0.3) is 65.8 Å². The summed E-state index contributed by atoms with van der Waals surface area (Å²) in [6.45, 7) is 9.10. The van der Waals surface area contributed by atoms with Gasteiger partial charge in [-0.3, -0.25) is 0 Å². The number of aryl methyl sites for hydroxylation is 4. The second kappa shape index (κ2) is 5.66. The number of hydrogen-bond donors (Lipinski definition) is 0. The van der Waals surface area contributed by atoms with Crippen molar-refractivity contribution in [2.24, 2.45) is 0 Å². The summed E-state index contributed by atoms with van der Waals surface area (Å²) in [6, 6.07) is 0. The van der Waals surface area contributed by atoms with Crippen LogP contribution in [0.2, 0.25) is 0 Å². The Balaban J connectivity index is 1.51. The maximum Gasteiger partial charge on any atom is 0.0652 e. The van der Waals surface area contributed by atoms with E-state index in [2.05, 4.69) is 27.7 Å². The molecule has 8 aromatic rings. The number of thiophene rings is 8. The Morgan fingerprint density at radius 2 is 0.467 bits per heavy atom.